The van der Waals surface area contributed by atoms with Crippen LogP contribution in [0.15, 0.2) is 18.2 Å². The molecule has 1 nitrogen and oxygen atoms in total. The Morgan fingerprint density at radius 2 is 1.79 bits per heavy atom. The molecule has 1 aliphatic rings. The van der Waals surface area contributed by atoms with Crippen molar-refractivity contribution in [3.8, 4) is 0 Å². The molecule has 1 N–H and O–H groups in total. The van der Waals surface area contributed by atoms with Crippen molar-refractivity contribution < 1.29 is 8.78 Å². The lowest BCUT2D eigenvalue weighted by molar-refractivity contribution is 0.338. The van der Waals surface area contributed by atoms with Crippen LogP contribution in [0.2, 0.25) is 0 Å². The largest absolute Gasteiger partial charge is 0.316 e. The summed E-state index contributed by atoms with van der Waals surface area (Å²) in [6, 6.07) is 4.02. The van der Waals surface area contributed by atoms with Crippen molar-refractivity contribution in [2.24, 2.45) is 5.92 Å². The molecule has 0 aromatic heterocycles. The Balaban J connectivity index is 0.000000980. The first kappa shape index (κ1) is 11.4. The third kappa shape index (κ3) is 2.22. The highest BCUT2D eigenvalue weighted by atomic mass is 35.5. The van der Waals surface area contributed by atoms with Gasteiger partial charge in [-0.05, 0) is 37.6 Å². The molecule has 4 heteroatoms. The lowest BCUT2D eigenvalue weighted by Crippen LogP contribution is -2.43. The fraction of sp³-hybridized carbons (Fsp3) is 0.400. The Hall–Kier alpha value is -0.670. The predicted octanol–water partition coefficient (Wildman–Crippen LogP) is 2.15. The molecular formula is C10H12ClF2N. The molecule has 1 aliphatic heterocycles. The first-order chi connectivity index (χ1) is 6.27. The highest BCUT2D eigenvalue weighted by Gasteiger charge is 2.20. The van der Waals surface area contributed by atoms with E-state index in [2.05, 4.69) is 5.32 Å². The van der Waals surface area contributed by atoms with Crippen molar-refractivity contribution in [1.82, 2.24) is 5.32 Å². The van der Waals surface area contributed by atoms with Crippen LogP contribution >= 0.6 is 12.4 Å². The fourth-order valence-corrected chi connectivity index (χ4v) is 1.51. The van der Waals surface area contributed by atoms with E-state index in [1.54, 1.807) is 0 Å². The second-order valence-electron chi connectivity index (χ2n) is 3.43. The van der Waals surface area contributed by atoms with Crippen LogP contribution in [0.4, 0.5) is 8.78 Å². The average Bonchev–Trinajstić information content (AvgIpc) is 2.00. The molecule has 0 bridgehead atoms. The Morgan fingerprint density at radius 3 is 2.21 bits per heavy atom. The van der Waals surface area contributed by atoms with Gasteiger partial charge >= 0.3 is 0 Å². The van der Waals surface area contributed by atoms with Crippen LogP contribution < -0.4 is 5.32 Å². The van der Waals surface area contributed by atoms with Crippen molar-refractivity contribution in [2.75, 3.05) is 13.1 Å². The van der Waals surface area contributed by atoms with Gasteiger partial charge in [0.1, 0.15) is 11.6 Å². The molecular weight excluding hydrogens is 208 g/mol. The minimum atomic E-state index is -0.424. The van der Waals surface area contributed by atoms with Gasteiger partial charge in [0.2, 0.25) is 0 Å². The molecule has 0 aliphatic carbocycles. The van der Waals surface area contributed by atoms with E-state index in [0.717, 1.165) is 13.1 Å². The summed E-state index contributed by atoms with van der Waals surface area (Å²) in [4.78, 5) is 0. The maximum Gasteiger partial charge on any atom is 0.129 e. The normalized spacial score (nSPS) is 15.9. The summed E-state index contributed by atoms with van der Waals surface area (Å²) in [5.41, 5.74) is 0.231. The number of rotatable bonds is 2. The molecule has 0 radical (unpaired) electrons. The first-order valence-corrected chi connectivity index (χ1v) is 4.41. The Morgan fingerprint density at radius 1 is 1.21 bits per heavy atom. The van der Waals surface area contributed by atoms with E-state index < -0.39 is 11.6 Å². The number of benzene rings is 1. The van der Waals surface area contributed by atoms with Crippen molar-refractivity contribution >= 4 is 12.4 Å². The van der Waals surface area contributed by atoms with Gasteiger partial charge in [0.25, 0.3) is 0 Å². The maximum atomic E-state index is 13.1. The molecule has 0 amide bonds. The molecule has 2 rings (SSSR count). The van der Waals surface area contributed by atoms with Crippen molar-refractivity contribution in [2.45, 2.75) is 6.42 Å². The molecule has 1 aromatic carbocycles. The highest BCUT2D eigenvalue weighted by molar-refractivity contribution is 5.85. The minimum Gasteiger partial charge on any atom is -0.316 e. The van der Waals surface area contributed by atoms with Gasteiger partial charge in [-0.2, -0.15) is 0 Å². The summed E-state index contributed by atoms with van der Waals surface area (Å²) in [6.07, 6.45) is 0.505. The lowest BCUT2D eigenvalue weighted by Gasteiger charge is -2.27. The van der Waals surface area contributed by atoms with E-state index in [1.807, 2.05) is 0 Å². The molecule has 0 unspecified atom stereocenters. The van der Waals surface area contributed by atoms with Crippen LogP contribution in [0.3, 0.4) is 0 Å². The molecule has 1 fully saturated rings. The number of hydrogen-bond donors (Lipinski definition) is 1. The Labute approximate surface area is 87.9 Å². The molecule has 0 spiro atoms. The second kappa shape index (κ2) is 4.71. The topological polar surface area (TPSA) is 12.0 Å². The summed E-state index contributed by atoms with van der Waals surface area (Å²) >= 11 is 0. The van der Waals surface area contributed by atoms with E-state index in [-0.39, 0.29) is 18.0 Å². The van der Waals surface area contributed by atoms with Gasteiger partial charge in [0.05, 0.1) is 0 Å². The smallest absolute Gasteiger partial charge is 0.129 e. The molecule has 0 saturated carbocycles. The van der Waals surface area contributed by atoms with Gasteiger partial charge in [0.15, 0.2) is 0 Å². The third-order valence-corrected chi connectivity index (χ3v) is 2.42. The number of hydrogen-bond acceptors (Lipinski definition) is 1. The van der Waals surface area contributed by atoms with E-state index in [0.29, 0.717) is 12.3 Å². The average molecular weight is 220 g/mol. The standard InChI is InChI=1S/C10H11F2N.ClH/c11-9-2-1-3-10(12)8(9)4-7-5-13-6-7;/h1-3,7,13H,4-6H2;1H. The van der Waals surface area contributed by atoms with Crippen LogP contribution in [0.25, 0.3) is 0 Å². The second-order valence-corrected chi connectivity index (χ2v) is 3.43. The fourth-order valence-electron chi connectivity index (χ4n) is 1.51. The Bertz CT molecular complexity index is 293. The zero-order chi connectivity index (χ0) is 9.26. The first-order valence-electron chi connectivity index (χ1n) is 4.41. The number of nitrogens with one attached hydrogen (secondary N) is 1. The van der Waals surface area contributed by atoms with Crippen LogP contribution in [0.1, 0.15) is 5.56 Å². The maximum absolute atomic E-state index is 13.1. The van der Waals surface area contributed by atoms with E-state index >= 15 is 0 Å². The minimum absolute atomic E-state index is 0. The molecule has 78 valence electrons. The molecule has 14 heavy (non-hydrogen) atoms. The van der Waals surface area contributed by atoms with Crippen molar-refractivity contribution in [1.29, 1.82) is 0 Å². The zero-order valence-corrected chi connectivity index (χ0v) is 8.41. The van der Waals surface area contributed by atoms with Gasteiger partial charge in [-0.3, -0.25) is 0 Å². The summed E-state index contributed by atoms with van der Waals surface area (Å²) in [7, 11) is 0. The molecule has 1 saturated heterocycles. The van der Waals surface area contributed by atoms with Gasteiger partial charge < -0.3 is 5.32 Å². The summed E-state index contributed by atoms with van der Waals surface area (Å²) < 4.78 is 26.2. The van der Waals surface area contributed by atoms with Gasteiger partial charge in [0, 0.05) is 5.56 Å². The summed E-state index contributed by atoms with van der Waals surface area (Å²) in [5, 5.41) is 3.08. The van der Waals surface area contributed by atoms with E-state index in [1.165, 1.54) is 18.2 Å². The highest BCUT2D eigenvalue weighted by Crippen LogP contribution is 2.18. The summed E-state index contributed by atoms with van der Waals surface area (Å²) in [6.45, 7) is 1.74. The lowest BCUT2D eigenvalue weighted by atomic mass is 9.94. The quantitative estimate of drug-likeness (QED) is 0.804. The summed E-state index contributed by atoms with van der Waals surface area (Å²) in [5.74, 6) is -0.454. The van der Waals surface area contributed by atoms with Crippen LogP contribution in [-0.2, 0) is 6.42 Å². The zero-order valence-electron chi connectivity index (χ0n) is 7.59. The van der Waals surface area contributed by atoms with Crippen LogP contribution in [0.5, 0.6) is 0 Å². The van der Waals surface area contributed by atoms with Gasteiger partial charge in [-0.1, -0.05) is 6.07 Å². The van der Waals surface area contributed by atoms with E-state index in [9.17, 15) is 8.78 Å². The third-order valence-electron chi connectivity index (χ3n) is 2.42. The van der Waals surface area contributed by atoms with Crippen LogP contribution in [0, 0.1) is 17.6 Å². The molecule has 1 heterocycles. The predicted molar refractivity (Wildman–Crippen MR) is 53.7 cm³/mol. The van der Waals surface area contributed by atoms with Crippen molar-refractivity contribution in [3.05, 3.63) is 35.4 Å². The van der Waals surface area contributed by atoms with Gasteiger partial charge in [-0.25, -0.2) is 8.78 Å². The monoisotopic (exact) mass is 219 g/mol. The van der Waals surface area contributed by atoms with Crippen molar-refractivity contribution in [3.63, 3.8) is 0 Å². The SMILES string of the molecule is Cl.Fc1cccc(F)c1CC1CNC1. The van der Waals surface area contributed by atoms with Crippen LogP contribution in [-0.4, -0.2) is 13.1 Å². The van der Waals surface area contributed by atoms with Gasteiger partial charge in [-0.15, -0.1) is 12.4 Å². The molecule has 0 atom stereocenters. The molecule has 1 aromatic rings. The Kier molecular flexibility index (Phi) is 3.84. The van der Waals surface area contributed by atoms with E-state index in [4.69, 9.17) is 0 Å². The number of halogens is 3.